The van der Waals surface area contributed by atoms with Crippen LogP contribution in [0.1, 0.15) is 66.5 Å². The van der Waals surface area contributed by atoms with E-state index >= 15 is 0 Å². The lowest BCUT2D eigenvalue weighted by molar-refractivity contribution is -0.154. The van der Waals surface area contributed by atoms with Gasteiger partial charge in [-0.2, -0.15) is 9.97 Å². The molecule has 3 N–H and O–H groups in total. The third kappa shape index (κ3) is 9.31. The molecule has 1 saturated heterocycles. The van der Waals surface area contributed by atoms with Crippen molar-refractivity contribution in [3.05, 3.63) is 11.6 Å². The molecular weight excluding hydrogens is 569 g/mol. The van der Waals surface area contributed by atoms with Crippen LogP contribution >= 0.6 is 19.2 Å². The average Bonchev–Trinajstić information content (AvgIpc) is 3.36. The maximum atomic E-state index is 13.2. The molecule has 40 heavy (non-hydrogen) atoms. The van der Waals surface area contributed by atoms with Gasteiger partial charge in [-0.1, -0.05) is 0 Å². The van der Waals surface area contributed by atoms with Gasteiger partial charge in [0, 0.05) is 6.04 Å². The van der Waals surface area contributed by atoms with E-state index < -0.39 is 25.2 Å². The fourth-order valence-corrected chi connectivity index (χ4v) is 5.70. The molecule has 4 rings (SSSR count). The molecule has 0 bridgehead atoms. The Morgan fingerprint density at radius 1 is 1.18 bits per heavy atom. The monoisotopic (exact) mass is 607 g/mol. The predicted octanol–water partition coefficient (Wildman–Crippen LogP) is 3.61. The highest BCUT2D eigenvalue weighted by Crippen LogP contribution is 2.54. The van der Waals surface area contributed by atoms with E-state index in [9.17, 15) is 9.36 Å². The number of nitrogens with zero attached hydrogens (tertiary/aromatic N) is 4. The van der Waals surface area contributed by atoms with Gasteiger partial charge in [0.2, 0.25) is 5.28 Å². The molecule has 1 aliphatic carbocycles. The Labute approximate surface area is 238 Å². The smallest absolute Gasteiger partial charge is 0.370 e. The number of hydrogen-bond donors (Lipinski definition) is 3. The Morgan fingerprint density at radius 3 is 2.40 bits per heavy atom. The molecule has 226 valence electrons. The standard InChI is InChI=1S/C21H31ClN5O7P.C3H8O2/c1-4-30-19(28)20(35(29,32-5-2)33-6-3)31-11-14-9-10-15(34-14)27-12-23-16-17(24-13-7-8-13)25-21(22)26-18(16)27;1-3(2,4)5/h12-15,20H,4-11H2,1-3H3,(H,24,25,26);4-5H,1-2H3. The lowest BCUT2D eigenvalue weighted by Gasteiger charge is -2.25. The van der Waals surface area contributed by atoms with Gasteiger partial charge < -0.3 is 38.8 Å². The molecule has 14 nitrogen and oxygen atoms in total. The summed E-state index contributed by atoms with van der Waals surface area (Å²) in [7, 11) is -3.89. The van der Waals surface area contributed by atoms with Crippen LogP contribution in [0.25, 0.3) is 11.2 Å². The predicted molar refractivity (Wildman–Crippen MR) is 146 cm³/mol. The third-order valence-corrected chi connectivity index (χ3v) is 7.88. The molecule has 3 unspecified atom stereocenters. The Morgan fingerprint density at radius 2 is 1.82 bits per heavy atom. The first kappa shape index (κ1) is 32.6. The fraction of sp³-hybridized carbons (Fsp3) is 0.750. The van der Waals surface area contributed by atoms with Gasteiger partial charge in [0.25, 0.3) is 5.85 Å². The van der Waals surface area contributed by atoms with Gasteiger partial charge in [-0.15, -0.1) is 0 Å². The maximum absolute atomic E-state index is 13.2. The molecule has 1 saturated carbocycles. The summed E-state index contributed by atoms with van der Waals surface area (Å²) in [6, 6.07) is 0.385. The van der Waals surface area contributed by atoms with Gasteiger partial charge in [-0.25, -0.2) is 9.78 Å². The van der Waals surface area contributed by atoms with E-state index in [2.05, 4.69) is 20.3 Å². The van der Waals surface area contributed by atoms with E-state index in [1.165, 1.54) is 13.8 Å². The average molecular weight is 608 g/mol. The van der Waals surface area contributed by atoms with Gasteiger partial charge in [-0.3, -0.25) is 9.13 Å². The Balaban J connectivity index is 0.000000810. The van der Waals surface area contributed by atoms with Crippen LogP contribution in [0.2, 0.25) is 5.28 Å². The summed E-state index contributed by atoms with van der Waals surface area (Å²) in [5.74, 6) is -3.18. The number of aliphatic hydroxyl groups is 2. The molecule has 2 fully saturated rings. The molecule has 3 atom stereocenters. The number of carbonyl (C=O) groups excluding carboxylic acids is 1. The molecule has 0 amide bonds. The first-order valence-corrected chi connectivity index (χ1v) is 15.3. The number of carbonyl (C=O) groups is 1. The highest BCUT2D eigenvalue weighted by Gasteiger charge is 2.44. The lowest BCUT2D eigenvalue weighted by atomic mass is 10.2. The number of esters is 1. The van der Waals surface area contributed by atoms with Crippen LogP contribution in [0, 0.1) is 0 Å². The summed E-state index contributed by atoms with van der Waals surface area (Å²) in [6.07, 6.45) is 4.39. The first-order valence-electron chi connectivity index (χ1n) is 13.3. The first-order chi connectivity index (χ1) is 18.9. The van der Waals surface area contributed by atoms with Crippen molar-refractivity contribution in [2.24, 2.45) is 0 Å². The summed E-state index contributed by atoms with van der Waals surface area (Å²) >= 11 is 6.17. The largest absolute Gasteiger partial charge is 0.464 e. The van der Waals surface area contributed by atoms with Gasteiger partial charge in [0.1, 0.15) is 6.23 Å². The normalized spacial score (nSPS) is 20.2. The van der Waals surface area contributed by atoms with Crippen molar-refractivity contribution >= 4 is 42.1 Å². The zero-order valence-electron chi connectivity index (χ0n) is 23.4. The number of fused-ring (bicyclic) bond motifs is 1. The van der Waals surface area contributed by atoms with Gasteiger partial charge in [0.15, 0.2) is 22.8 Å². The minimum absolute atomic E-state index is 0.000967. The van der Waals surface area contributed by atoms with E-state index in [4.69, 9.17) is 45.1 Å². The second-order valence-electron chi connectivity index (χ2n) is 9.68. The maximum Gasteiger partial charge on any atom is 0.370 e. The van der Waals surface area contributed by atoms with Crippen molar-refractivity contribution in [2.75, 3.05) is 31.7 Å². The zero-order chi connectivity index (χ0) is 29.5. The van der Waals surface area contributed by atoms with Crippen molar-refractivity contribution in [1.29, 1.82) is 0 Å². The topological polar surface area (TPSA) is 176 Å². The SMILES string of the molecule is CC(C)(O)O.CCOC(=O)C(OCC1CCC(n2cnc3c(NC4CC4)nc(Cl)nc32)O1)P(=O)(OCC)OCC. The number of halogens is 1. The molecule has 2 aromatic rings. The lowest BCUT2D eigenvalue weighted by Crippen LogP contribution is -2.31. The number of hydrogen-bond acceptors (Lipinski definition) is 13. The van der Waals surface area contributed by atoms with Crippen molar-refractivity contribution in [2.45, 2.75) is 90.3 Å². The molecule has 3 heterocycles. The van der Waals surface area contributed by atoms with Gasteiger partial charge in [-0.05, 0) is 71.9 Å². The summed E-state index contributed by atoms with van der Waals surface area (Å²) in [5.41, 5.74) is 1.20. The fourth-order valence-electron chi connectivity index (χ4n) is 3.87. The third-order valence-electron chi connectivity index (χ3n) is 5.54. The number of nitrogens with one attached hydrogen (secondary N) is 1. The molecule has 0 spiro atoms. The number of imidazole rings is 1. The Hall–Kier alpha value is -1.90. The van der Waals surface area contributed by atoms with Crippen LogP contribution in [0.15, 0.2) is 6.33 Å². The highest BCUT2D eigenvalue weighted by molar-refractivity contribution is 7.55. The minimum atomic E-state index is -3.89. The van der Waals surface area contributed by atoms with Crippen molar-refractivity contribution < 1.29 is 42.8 Å². The van der Waals surface area contributed by atoms with Crippen LogP contribution in [0.5, 0.6) is 0 Å². The summed E-state index contributed by atoms with van der Waals surface area (Å²) in [5, 5.41) is 19.6. The summed E-state index contributed by atoms with van der Waals surface area (Å²) in [6.45, 7) is 7.87. The highest BCUT2D eigenvalue weighted by atomic mass is 35.5. The molecule has 2 aliphatic rings. The van der Waals surface area contributed by atoms with E-state index in [0.717, 1.165) is 12.8 Å². The molecule has 0 radical (unpaired) electrons. The van der Waals surface area contributed by atoms with E-state index in [0.29, 0.717) is 35.9 Å². The summed E-state index contributed by atoms with van der Waals surface area (Å²) in [4.78, 5) is 25.6. The van der Waals surface area contributed by atoms with Crippen LogP contribution in [-0.2, 0) is 32.6 Å². The molecular formula is C24H39ClN5O9P. The number of ether oxygens (including phenoxy) is 3. The molecule has 16 heteroatoms. The quantitative estimate of drug-likeness (QED) is 0.130. The van der Waals surface area contributed by atoms with Crippen molar-refractivity contribution in [1.82, 2.24) is 19.5 Å². The zero-order valence-corrected chi connectivity index (χ0v) is 25.1. The van der Waals surface area contributed by atoms with Crippen LogP contribution in [-0.4, -0.2) is 85.9 Å². The number of aromatic nitrogens is 4. The van der Waals surface area contributed by atoms with Gasteiger partial charge in [0.05, 0.1) is 38.9 Å². The van der Waals surface area contributed by atoms with Crippen molar-refractivity contribution in [3.8, 4) is 0 Å². The Bertz CT molecular complexity index is 1160. The van der Waals surface area contributed by atoms with Crippen LogP contribution in [0.3, 0.4) is 0 Å². The molecule has 2 aromatic heterocycles. The van der Waals surface area contributed by atoms with E-state index in [-0.39, 0.29) is 44.0 Å². The second-order valence-corrected chi connectivity index (χ2v) is 12.1. The van der Waals surface area contributed by atoms with Crippen molar-refractivity contribution in [3.63, 3.8) is 0 Å². The van der Waals surface area contributed by atoms with Crippen LogP contribution < -0.4 is 5.32 Å². The Kier molecular flexibility index (Phi) is 11.7. The minimum Gasteiger partial charge on any atom is -0.464 e. The summed E-state index contributed by atoms with van der Waals surface area (Å²) < 4.78 is 42.7. The number of rotatable bonds is 13. The number of anilines is 1. The van der Waals surface area contributed by atoms with E-state index in [1.807, 2.05) is 4.57 Å². The van der Waals surface area contributed by atoms with E-state index in [1.54, 1.807) is 27.1 Å². The van der Waals surface area contributed by atoms with Gasteiger partial charge >= 0.3 is 13.6 Å². The second kappa shape index (κ2) is 14.3. The molecule has 1 aliphatic heterocycles. The molecule has 0 aromatic carbocycles. The van der Waals surface area contributed by atoms with Crippen LogP contribution in [0.4, 0.5) is 5.82 Å².